The zero-order valence-corrected chi connectivity index (χ0v) is 8.48. The molecule has 0 aromatic carbocycles. The number of hydrogen-bond donors (Lipinski definition) is 0. The Balaban J connectivity index is 1.64. The fourth-order valence-electron chi connectivity index (χ4n) is 1.77. The second-order valence-electron chi connectivity index (χ2n) is 3.73. The van der Waals surface area contributed by atoms with E-state index in [2.05, 4.69) is 10.3 Å². The van der Waals surface area contributed by atoms with Gasteiger partial charge in [0.15, 0.2) is 0 Å². The van der Waals surface area contributed by atoms with E-state index in [4.69, 9.17) is 4.52 Å². The first-order chi connectivity index (χ1) is 7.84. The van der Waals surface area contributed by atoms with E-state index in [1.54, 1.807) is 17.2 Å². The normalized spacial score (nSPS) is 16.1. The predicted octanol–water partition coefficient (Wildman–Crippen LogP) is 0.568. The third kappa shape index (κ3) is 1.39. The number of aromatic nitrogens is 3. The molecule has 1 aliphatic heterocycles. The van der Waals surface area contributed by atoms with Crippen LogP contribution in [0, 0.1) is 0 Å². The van der Waals surface area contributed by atoms with Crippen LogP contribution in [0.5, 0.6) is 0 Å². The van der Waals surface area contributed by atoms with Gasteiger partial charge in [0.05, 0.1) is 12.2 Å². The fourth-order valence-corrected chi connectivity index (χ4v) is 1.77. The molecule has 0 N–H and O–H groups in total. The summed E-state index contributed by atoms with van der Waals surface area (Å²) in [6.45, 7) is 1.34. The van der Waals surface area contributed by atoms with Crippen LogP contribution in [0.15, 0.2) is 35.2 Å². The van der Waals surface area contributed by atoms with Gasteiger partial charge < -0.3 is 9.42 Å². The number of amides is 1. The van der Waals surface area contributed by atoms with Crippen molar-refractivity contribution in [1.29, 1.82) is 0 Å². The van der Waals surface area contributed by atoms with Gasteiger partial charge in [-0.2, -0.15) is 5.10 Å². The van der Waals surface area contributed by atoms with Crippen molar-refractivity contribution in [1.82, 2.24) is 19.8 Å². The summed E-state index contributed by atoms with van der Waals surface area (Å²) in [6, 6.07) is 3.73. The van der Waals surface area contributed by atoms with Crippen LogP contribution >= 0.6 is 0 Å². The summed E-state index contributed by atoms with van der Waals surface area (Å²) in [7, 11) is 0. The Kier molecular flexibility index (Phi) is 1.99. The van der Waals surface area contributed by atoms with Gasteiger partial charge in [-0.05, 0) is 6.07 Å². The van der Waals surface area contributed by atoms with Gasteiger partial charge in [-0.25, -0.2) is 0 Å². The van der Waals surface area contributed by atoms with Crippen LogP contribution in [-0.2, 0) is 0 Å². The van der Waals surface area contributed by atoms with Crippen molar-refractivity contribution in [3.8, 4) is 0 Å². The second kappa shape index (κ2) is 3.48. The number of hydrogen-bond acceptors (Lipinski definition) is 4. The number of carbonyl (C=O) groups excluding carboxylic acids is 1. The lowest BCUT2D eigenvalue weighted by atomic mass is 10.1. The molecule has 3 rings (SSSR count). The highest BCUT2D eigenvalue weighted by Gasteiger charge is 2.33. The molecule has 0 aliphatic carbocycles. The summed E-state index contributed by atoms with van der Waals surface area (Å²) >= 11 is 0. The molecule has 1 saturated heterocycles. The SMILES string of the molecule is O=C(c1ccno1)N1CC(n2cccn2)C1. The molecule has 6 heteroatoms. The van der Waals surface area contributed by atoms with Gasteiger partial charge in [-0.1, -0.05) is 5.16 Å². The van der Waals surface area contributed by atoms with Crippen LogP contribution in [0.1, 0.15) is 16.6 Å². The van der Waals surface area contributed by atoms with E-state index in [1.165, 1.54) is 6.20 Å². The molecule has 16 heavy (non-hydrogen) atoms. The average molecular weight is 218 g/mol. The molecular weight excluding hydrogens is 208 g/mol. The quantitative estimate of drug-likeness (QED) is 0.739. The maximum Gasteiger partial charge on any atom is 0.292 e. The second-order valence-corrected chi connectivity index (χ2v) is 3.73. The van der Waals surface area contributed by atoms with Crippen molar-refractivity contribution >= 4 is 5.91 Å². The Labute approximate surface area is 91.4 Å². The van der Waals surface area contributed by atoms with Crippen molar-refractivity contribution in [2.24, 2.45) is 0 Å². The van der Waals surface area contributed by atoms with Crippen molar-refractivity contribution < 1.29 is 9.32 Å². The molecule has 0 atom stereocenters. The van der Waals surface area contributed by atoms with Crippen LogP contribution in [0.3, 0.4) is 0 Å². The molecule has 1 fully saturated rings. The molecule has 6 nitrogen and oxygen atoms in total. The van der Waals surface area contributed by atoms with E-state index in [-0.39, 0.29) is 11.9 Å². The summed E-state index contributed by atoms with van der Waals surface area (Å²) in [6.07, 6.45) is 5.11. The summed E-state index contributed by atoms with van der Waals surface area (Å²) in [5.74, 6) is 0.180. The molecule has 0 saturated carbocycles. The molecule has 0 bridgehead atoms. The molecular formula is C10H10N4O2. The fraction of sp³-hybridized carbons (Fsp3) is 0.300. The van der Waals surface area contributed by atoms with Crippen molar-refractivity contribution in [3.63, 3.8) is 0 Å². The van der Waals surface area contributed by atoms with Crippen molar-refractivity contribution in [3.05, 3.63) is 36.5 Å². The van der Waals surface area contributed by atoms with Gasteiger partial charge in [-0.15, -0.1) is 0 Å². The Hall–Kier alpha value is -2.11. The molecule has 2 aromatic rings. The highest BCUT2D eigenvalue weighted by Crippen LogP contribution is 2.21. The Morgan fingerprint density at radius 3 is 2.94 bits per heavy atom. The third-order valence-corrected chi connectivity index (χ3v) is 2.70. The molecule has 0 unspecified atom stereocenters. The first-order valence-electron chi connectivity index (χ1n) is 5.03. The van der Waals surface area contributed by atoms with Gasteiger partial charge in [0.2, 0.25) is 5.76 Å². The molecule has 2 aromatic heterocycles. The zero-order valence-electron chi connectivity index (χ0n) is 8.48. The summed E-state index contributed by atoms with van der Waals surface area (Å²) in [5.41, 5.74) is 0. The van der Waals surface area contributed by atoms with E-state index >= 15 is 0 Å². The minimum absolute atomic E-state index is 0.110. The van der Waals surface area contributed by atoms with Gasteiger partial charge in [-0.3, -0.25) is 9.48 Å². The Morgan fingerprint density at radius 2 is 2.31 bits per heavy atom. The number of rotatable bonds is 2. The van der Waals surface area contributed by atoms with Crippen LogP contribution in [0.2, 0.25) is 0 Å². The van der Waals surface area contributed by atoms with Gasteiger partial charge in [0.25, 0.3) is 5.91 Å². The number of carbonyl (C=O) groups is 1. The number of nitrogens with zero attached hydrogens (tertiary/aromatic N) is 4. The summed E-state index contributed by atoms with van der Waals surface area (Å²) in [5, 5.41) is 7.65. The van der Waals surface area contributed by atoms with E-state index in [0.29, 0.717) is 18.8 Å². The molecule has 82 valence electrons. The average Bonchev–Trinajstić information content (AvgIpc) is 2.88. The molecule has 1 amide bonds. The van der Waals surface area contributed by atoms with Crippen LogP contribution < -0.4 is 0 Å². The lowest BCUT2D eigenvalue weighted by Gasteiger charge is -2.38. The van der Waals surface area contributed by atoms with Crippen LogP contribution in [0.25, 0.3) is 0 Å². The summed E-state index contributed by atoms with van der Waals surface area (Å²) < 4.78 is 6.68. The molecule has 0 radical (unpaired) electrons. The monoisotopic (exact) mass is 218 g/mol. The Morgan fingerprint density at radius 1 is 1.44 bits per heavy atom. The van der Waals surface area contributed by atoms with E-state index in [0.717, 1.165) is 0 Å². The first kappa shape index (κ1) is 9.14. The maximum absolute atomic E-state index is 11.8. The largest absolute Gasteiger partial charge is 0.351 e. The first-order valence-corrected chi connectivity index (χ1v) is 5.03. The molecule has 3 heterocycles. The highest BCUT2D eigenvalue weighted by atomic mass is 16.5. The minimum atomic E-state index is -0.110. The topological polar surface area (TPSA) is 64.2 Å². The van der Waals surface area contributed by atoms with Crippen LogP contribution in [0.4, 0.5) is 0 Å². The van der Waals surface area contributed by atoms with Gasteiger partial charge in [0.1, 0.15) is 0 Å². The van der Waals surface area contributed by atoms with Crippen molar-refractivity contribution in [2.45, 2.75) is 6.04 Å². The van der Waals surface area contributed by atoms with Gasteiger partial charge in [0, 0.05) is 31.5 Å². The maximum atomic E-state index is 11.8. The lowest BCUT2D eigenvalue weighted by Crippen LogP contribution is -2.50. The van der Waals surface area contributed by atoms with Gasteiger partial charge >= 0.3 is 0 Å². The minimum Gasteiger partial charge on any atom is -0.351 e. The molecule has 0 spiro atoms. The predicted molar refractivity (Wildman–Crippen MR) is 53.7 cm³/mol. The van der Waals surface area contributed by atoms with Crippen LogP contribution in [-0.4, -0.2) is 38.8 Å². The highest BCUT2D eigenvalue weighted by molar-refractivity contribution is 5.91. The van der Waals surface area contributed by atoms with E-state index in [9.17, 15) is 4.79 Å². The standard InChI is InChI=1S/C10H10N4O2/c15-10(9-2-4-12-16-9)13-6-8(7-13)14-5-1-3-11-14/h1-5,8H,6-7H2. The Bertz CT molecular complexity index is 471. The smallest absolute Gasteiger partial charge is 0.292 e. The van der Waals surface area contributed by atoms with Crippen molar-refractivity contribution in [2.75, 3.05) is 13.1 Å². The summed E-state index contributed by atoms with van der Waals surface area (Å²) in [4.78, 5) is 13.5. The molecule has 1 aliphatic rings. The van der Waals surface area contributed by atoms with E-state index in [1.807, 2.05) is 16.9 Å². The van der Waals surface area contributed by atoms with E-state index < -0.39 is 0 Å². The number of likely N-dealkylation sites (tertiary alicyclic amines) is 1. The lowest BCUT2D eigenvalue weighted by molar-refractivity contribution is 0.0461. The zero-order chi connectivity index (χ0) is 11.0. The third-order valence-electron chi connectivity index (χ3n) is 2.70.